The minimum Gasteiger partial charge on any atom is -0.372 e. The number of benzene rings is 1. The quantitative estimate of drug-likeness (QED) is 0.852. The lowest BCUT2D eigenvalue weighted by molar-refractivity contribution is -0.135. The Morgan fingerprint density at radius 3 is 2.92 bits per heavy atom. The standard InChI is InChI=1S/C19H24N4O2/c1-21(2)19(24)18-16-9-20-22(3)17(16)6-7-23(18)10-13-4-5-14-11-25-12-15(14)8-13/h4-5,8-9,18H,6-7,10-12H2,1-3H3. The molecule has 1 unspecified atom stereocenters. The fourth-order valence-electron chi connectivity index (χ4n) is 3.85. The molecule has 1 atom stereocenters. The van der Waals surface area contributed by atoms with E-state index in [-0.39, 0.29) is 11.9 Å². The van der Waals surface area contributed by atoms with E-state index in [0.29, 0.717) is 13.2 Å². The Kier molecular flexibility index (Phi) is 4.09. The number of carbonyl (C=O) groups excluding carboxylic acids is 1. The zero-order valence-electron chi connectivity index (χ0n) is 15.0. The molecule has 0 N–H and O–H groups in total. The summed E-state index contributed by atoms with van der Waals surface area (Å²) in [6.07, 6.45) is 2.77. The number of carbonyl (C=O) groups is 1. The second-order valence-electron chi connectivity index (χ2n) is 7.12. The van der Waals surface area contributed by atoms with E-state index in [2.05, 4.69) is 28.2 Å². The van der Waals surface area contributed by atoms with Crippen LogP contribution >= 0.6 is 0 Å². The Labute approximate surface area is 148 Å². The molecule has 132 valence electrons. The zero-order chi connectivity index (χ0) is 17.6. The second-order valence-corrected chi connectivity index (χ2v) is 7.12. The van der Waals surface area contributed by atoms with Gasteiger partial charge in [0.25, 0.3) is 0 Å². The molecule has 6 heteroatoms. The van der Waals surface area contributed by atoms with Crippen molar-refractivity contribution in [2.45, 2.75) is 32.2 Å². The molecule has 0 saturated carbocycles. The van der Waals surface area contributed by atoms with Crippen molar-refractivity contribution in [1.29, 1.82) is 0 Å². The molecule has 0 spiro atoms. The molecule has 1 amide bonds. The van der Waals surface area contributed by atoms with Gasteiger partial charge in [0, 0.05) is 51.9 Å². The molecule has 0 fully saturated rings. The molecule has 2 aliphatic heterocycles. The van der Waals surface area contributed by atoms with Gasteiger partial charge in [0.05, 0.1) is 19.4 Å². The monoisotopic (exact) mass is 340 g/mol. The number of fused-ring (bicyclic) bond motifs is 2. The number of hydrogen-bond acceptors (Lipinski definition) is 4. The van der Waals surface area contributed by atoms with Crippen LogP contribution in [0.3, 0.4) is 0 Å². The summed E-state index contributed by atoms with van der Waals surface area (Å²) in [5, 5.41) is 4.38. The van der Waals surface area contributed by atoms with E-state index in [9.17, 15) is 4.79 Å². The molecule has 2 aromatic rings. The van der Waals surface area contributed by atoms with Crippen molar-refractivity contribution in [3.8, 4) is 0 Å². The van der Waals surface area contributed by atoms with Crippen molar-refractivity contribution in [3.05, 3.63) is 52.3 Å². The summed E-state index contributed by atoms with van der Waals surface area (Å²) in [6.45, 7) is 3.01. The Morgan fingerprint density at radius 1 is 1.32 bits per heavy atom. The first-order valence-electron chi connectivity index (χ1n) is 8.69. The summed E-state index contributed by atoms with van der Waals surface area (Å²) in [7, 11) is 5.59. The first-order valence-corrected chi connectivity index (χ1v) is 8.69. The van der Waals surface area contributed by atoms with Crippen LogP contribution in [0.25, 0.3) is 0 Å². The Balaban J connectivity index is 1.64. The van der Waals surface area contributed by atoms with Crippen molar-refractivity contribution in [2.75, 3.05) is 20.6 Å². The normalized spacial score (nSPS) is 19.6. The van der Waals surface area contributed by atoms with Gasteiger partial charge in [-0.25, -0.2) is 0 Å². The van der Waals surface area contributed by atoms with E-state index >= 15 is 0 Å². The van der Waals surface area contributed by atoms with Gasteiger partial charge in [0.1, 0.15) is 6.04 Å². The second kappa shape index (κ2) is 6.28. The van der Waals surface area contributed by atoms with Gasteiger partial charge in [-0.3, -0.25) is 14.4 Å². The first-order chi connectivity index (χ1) is 12.0. The highest BCUT2D eigenvalue weighted by molar-refractivity contribution is 5.83. The van der Waals surface area contributed by atoms with Crippen LogP contribution in [0.5, 0.6) is 0 Å². The van der Waals surface area contributed by atoms with Gasteiger partial charge in [-0.15, -0.1) is 0 Å². The third kappa shape index (κ3) is 2.85. The number of aryl methyl sites for hydroxylation is 1. The number of likely N-dealkylation sites (N-methyl/N-ethyl adjacent to an activating group) is 1. The highest BCUT2D eigenvalue weighted by Crippen LogP contribution is 2.32. The van der Waals surface area contributed by atoms with E-state index < -0.39 is 0 Å². The average Bonchev–Trinajstić information content (AvgIpc) is 3.20. The van der Waals surface area contributed by atoms with E-state index in [1.54, 1.807) is 4.90 Å². The van der Waals surface area contributed by atoms with Crippen LogP contribution in [0.1, 0.15) is 34.0 Å². The van der Waals surface area contributed by atoms with Gasteiger partial charge in [0.2, 0.25) is 5.91 Å². The SMILES string of the molecule is CN(C)C(=O)C1c2cnn(C)c2CCN1Cc1ccc2c(c1)COC2. The van der Waals surface area contributed by atoms with Gasteiger partial charge in [-0.2, -0.15) is 5.10 Å². The molecular weight excluding hydrogens is 316 g/mol. The molecule has 4 rings (SSSR count). The van der Waals surface area contributed by atoms with Crippen LogP contribution in [-0.4, -0.2) is 46.1 Å². The van der Waals surface area contributed by atoms with E-state index in [1.165, 1.54) is 22.4 Å². The van der Waals surface area contributed by atoms with E-state index in [0.717, 1.165) is 25.1 Å². The van der Waals surface area contributed by atoms with E-state index in [4.69, 9.17) is 4.74 Å². The molecule has 25 heavy (non-hydrogen) atoms. The largest absolute Gasteiger partial charge is 0.372 e. The fourth-order valence-corrected chi connectivity index (χ4v) is 3.85. The van der Waals surface area contributed by atoms with Crippen molar-refractivity contribution in [2.24, 2.45) is 7.05 Å². The molecule has 0 saturated heterocycles. The number of rotatable bonds is 3. The van der Waals surface area contributed by atoms with Crippen molar-refractivity contribution in [3.63, 3.8) is 0 Å². The summed E-state index contributed by atoms with van der Waals surface area (Å²) < 4.78 is 7.41. The fraction of sp³-hybridized carbons (Fsp3) is 0.474. The molecule has 2 aliphatic rings. The third-order valence-electron chi connectivity index (χ3n) is 5.24. The van der Waals surface area contributed by atoms with Crippen molar-refractivity contribution < 1.29 is 9.53 Å². The minimum absolute atomic E-state index is 0.110. The summed E-state index contributed by atoms with van der Waals surface area (Å²) >= 11 is 0. The number of hydrogen-bond donors (Lipinski definition) is 0. The topological polar surface area (TPSA) is 50.6 Å². The molecule has 0 bridgehead atoms. The molecule has 1 aromatic carbocycles. The third-order valence-corrected chi connectivity index (χ3v) is 5.24. The maximum atomic E-state index is 12.9. The molecule has 1 aromatic heterocycles. The molecular formula is C19H24N4O2. The van der Waals surface area contributed by atoms with Crippen LogP contribution < -0.4 is 0 Å². The minimum atomic E-state index is -0.267. The maximum absolute atomic E-state index is 12.9. The van der Waals surface area contributed by atoms with Gasteiger partial charge in [-0.05, 0) is 16.7 Å². The van der Waals surface area contributed by atoms with Crippen molar-refractivity contribution >= 4 is 5.91 Å². The lowest BCUT2D eigenvalue weighted by Gasteiger charge is -2.36. The Hall–Kier alpha value is -2.18. The summed E-state index contributed by atoms with van der Waals surface area (Å²) in [6, 6.07) is 6.26. The number of amides is 1. The predicted octanol–water partition coefficient (Wildman–Crippen LogP) is 1.64. The van der Waals surface area contributed by atoms with Gasteiger partial charge < -0.3 is 9.64 Å². The van der Waals surface area contributed by atoms with E-state index in [1.807, 2.05) is 32.0 Å². The first kappa shape index (κ1) is 16.3. The Morgan fingerprint density at radius 2 is 2.12 bits per heavy atom. The summed E-state index contributed by atoms with van der Waals surface area (Å²) in [5.41, 5.74) is 5.98. The molecule has 0 radical (unpaired) electrons. The number of nitrogens with zero attached hydrogens (tertiary/aromatic N) is 4. The van der Waals surface area contributed by atoms with Crippen LogP contribution in [0, 0.1) is 0 Å². The van der Waals surface area contributed by atoms with Crippen molar-refractivity contribution in [1.82, 2.24) is 19.6 Å². The van der Waals surface area contributed by atoms with Crippen LogP contribution in [-0.2, 0) is 42.8 Å². The van der Waals surface area contributed by atoms with Gasteiger partial charge in [-0.1, -0.05) is 18.2 Å². The van der Waals surface area contributed by atoms with Gasteiger partial charge in [0.15, 0.2) is 0 Å². The predicted molar refractivity (Wildman–Crippen MR) is 93.7 cm³/mol. The van der Waals surface area contributed by atoms with Crippen LogP contribution in [0.15, 0.2) is 24.4 Å². The van der Waals surface area contributed by atoms with Crippen LogP contribution in [0.4, 0.5) is 0 Å². The number of ether oxygens (including phenoxy) is 1. The Bertz CT molecular complexity index is 812. The summed E-state index contributed by atoms with van der Waals surface area (Å²) in [4.78, 5) is 16.8. The zero-order valence-corrected chi connectivity index (χ0v) is 15.0. The smallest absolute Gasteiger partial charge is 0.244 e. The molecule has 3 heterocycles. The highest BCUT2D eigenvalue weighted by Gasteiger charge is 2.36. The average molecular weight is 340 g/mol. The number of aromatic nitrogens is 2. The lowest BCUT2D eigenvalue weighted by atomic mass is 9.96. The summed E-state index contributed by atoms with van der Waals surface area (Å²) in [5.74, 6) is 0.110. The molecule has 6 nitrogen and oxygen atoms in total. The highest BCUT2D eigenvalue weighted by atomic mass is 16.5. The van der Waals surface area contributed by atoms with Gasteiger partial charge >= 0.3 is 0 Å². The van der Waals surface area contributed by atoms with Crippen LogP contribution in [0.2, 0.25) is 0 Å². The lowest BCUT2D eigenvalue weighted by Crippen LogP contribution is -2.43. The maximum Gasteiger partial charge on any atom is 0.244 e. The molecule has 0 aliphatic carbocycles.